The zero-order valence-electron chi connectivity index (χ0n) is 13.2. The van der Waals surface area contributed by atoms with Crippen LogP contribution in [0.15, 0.2) is 53.4 Å². The molecule has 1 heterocycles. The Morgan fingerprint density at radius 2 is 1.70 bits per heavy atom. The standard InChI is InChI=1S/C9H11N3.C7H8O3S/c1-10-9-7-5-3-4-6-8(7)11-12(9)2;1-6-2-4-7(5-3-6)11(8,9)10/h3-6,10H,1-2H3;2-5H,1H3,(H,8,9,10). The molecular formula is C16H19N3O3S. The maximum absolute atomic E-state index is 10.5. The van der Waals surface area contributed by atoms with Gasteiger partial charge in [-0.2, -0.15) is 13.5 Å². The molecule has 23 heavy (non-hydrogen) atoms. The van der Waals surface area contributed by atoms with Gasteiger partial charge in [0.2, 0.25) is 0 Å². The van der Waals surface area contributed by atoms with Gasteiger partial charge in [-0.25, -0.2) is 0 Å². The molecular weight excluding hydrogens is 314 g/mol. The number of rotatable bonds is 2. The third-order valence-corrected chi connectivity index (χ3v) is 4.16. The van der Waals surface area contributed by atoms with Crippen molar-refractivity contribution in [3.63, 3.8) is 0 Å². The summed E-state index contributed by atoms with van der Waals surface area (Å²) >= 11 is 0. The largest absolute Gasteiger partial charge is 0.373 e. The number of hydrogen-bond donors (Lipinski definition) is 2. The van der Waals surface area contributed by atoms with Gasteiger partial charge in [0.05, 0.1) is 10.4 Å². The van der Waals surface area contributed by atoms with E-state index in [1.807, 2.05) is 43.9 Å². The molecule has 122 valence electrons. The van der Waals surface area contributed by atoms with E-state index in [0.29, 0.717) is 0 Å². The molecule has 0 aliphatic heterocycles. The molecule has 0 bridgehead atoms. The third-order valence-electron chi connectivity index (χ3n) is 3.30. The van der Waals surface area contributed by atoms with Crippen molar-refractivity contribution in [2.45, 2.75) is 11.8 Å². The number of aromatic nitrogens is 2. The van der Waals surface area contributed by atoms with Crippen LogP contribution in [0.3, 0.4) is 0 Å². The highest BCUT2D eigenvalue weighted by molar-refractivity contribution is 7.85. The Labute approximate surface area is 135 Å². The minimum Gasteiger partial charge on any atom is -0.373 e. The van der Waals surface area contributed by atoms with Crippen molar-refractivity contribution in [2.75, 3.05) is 12.4 Å². The fourth-order valence-corrected chi connectivity index (χ4v) is 2.63. The van der Waals surface area contributed by atoms with Gasteiger partial charge in [0, 0.05) is 19.5 Å². The Morgan fingerprint density at radius 3 is 2.26 bits per heavy atom. The summed E-state index contributed by atoms with van der Waals surface area (Å²) < 4.78 is 31.4. The van der Waals surface area contributed by atoms with E-state index < -0.39 is 10.1 Å². The van der Waals surface area contributed by atoms with Crippen molar-refractivity contribution < 1.29 is 13.0 Å². The van der Waals surface area contributed by atoms with Crippen molar-refractivity contribution in [3.8, 4) is 0 Å². The molecule has 7 heteroatoms. The summed E-state index contributed by atoms with van der Waals surface area (Å²) in [6.45, 7) is 1.84. The summed E-state index contributed by atoms with van der Waals surface area (Å²) in [5, 5.41) is 8.63. The van der Waals surface area contributed by atoms with Crippen LogP contribution in [0.5, 0.6) is 0 Å². The smallest absolute Gasteiger partial charge is 0.294 e. The van der Waals surface area contributed by atoms with Gasteiger partial charge in [-0.15, -0.1) is 0 Å². The maximum Gasteiger partial charge on any atom is 0.294 e. The molecule has 0 amide bonds. The summed E-state index contributed by atoms with van der Waals surface area (Å²) in [5.74, 6) is 1.06. The zero-order chi connectivity index (χ0) is 17.0. The molecule has 3 aromatic rings. The predicted molar refractivity (Wildman–Crippen MR) is 91.3 cm³/mol. The second-order valence-electron chi connectivity index (χ2n) is 5.03. The van der Waals surface area contributed by atoms with E-state index in [4.69, 9.17) is 4.55 Å². The maximum atomic E-state index is 10.5. The number of hydrogen-bond acceptors (Lipinski definition) is 4. The normalized spacial score (nSPS) is 11.0. The molecule has 0 radical (unpaired) electrons. The SMILES string of the molecule is CNc1c2ccccc2nn1C.Cc1ccc(S(=O)(=O)O)cc1. The highest BCUT2D eigenvalue weighted by atomic mass is 32.2. The Kier molecular flexibility index (Phi) is 5.02. The molecule has 1 aromatic heterocycles. The fourth-order valence-electron chi connectivity index (χ4n) is 2.15. The van der Waals surface area contributed by atoms with Gasteiger partial charge >= 0.3 is 0 Å². The Morgan fingerprint density at radius 1 is 1.09 bits per heavy atom. The van der Waals surface area contributed by atoms with E-state index in [1.54, 1.807) is 12.1 Å². The number of fused-ring (bicyclic) bond motifs is 1. The predicted octanol–water partition coefficient (Wildman–Crippen LogP) is 2.86. The van der Waals surface area contributed by atoms with Crippen LogP contribution in [0, 0.1) is 6.92 Å². The Balaban J connectivity index is 0.000000168. The quantitative estimate of drug-likeness (QED) is 0.705. The minimum atomic E-state index is -4.02. The van der Waals surface area contributed by atoms with E-state index in [1.165, 1.54) is 17.5 Å². The summed E-state index contributed by atoms with van der Waals surface area (Å²) in [6, 6.07) is 14.1. The first-order valence-electron chi connectivity index (χ1n) is 6.96. The second kappa shape index (κ2) is 6.80. The van der Waals surface area contributed by atoms with E-state index in [9.17, 15) is 8.42 Å². The summed E-state index contributed by atoms with van der Waals surface area (Å²) in [7, 11) is -0.177. The van der Waals surface area contributed by atoms with Crippen LogP contribution in [0.2, 0.25) is 0 Å². The average Bonchev–Trinajstić information content (AvgIpc) is 2.82. The van der Waals surface area contributed by atoms with Crippen molar-refractivity contribution >= 4 is 26.8 Å². The molecule has 2 N–H and O–H groups in total. The molecule has 0 saturated heterocycles. The lowest BCUT2D eigenvalue weighted by Gasteiger charge is -1.98. The van der Waals surface area contributed by atoms with Crippen LogP contribution in [0.4, 0.5) is 5.82 Å². The van der Waals surface area contributed by atoms with Crippen molar-refractivity contribution in [1.29, 1.82) is 0 Å². The van der Waals surface area contributed by atoms with Crippen LogP contribution in [-0.2, 0) is 17.2 Å². The van der Waals surface area contributed by atoms with Crippen LogP contribution < -0.4 is 5.32 Å². The number of anilines is 1. The van der Waals surface area contributed by atoms with Gasteiger partial charge in [-0.1, -0.05) is 29.8 Å². The molecule has 0 spiro atoms. The first-order valence-corrected chi connectivity index (χ1v) is 8.40. The van der Waals surface area contributed by atoms with Crippen molar-refractivity contribution in [3.05, 3.63) is 54.1 Å². The first-order chi connectivity index (χ1) is 10.8. The molecule has 6 nitrogen and oxygen atoms in total. The number of nitrogens with zero attached hydrogens (tertiary/aromatic N) is 2. The van der Waals surface area contributed by atoms with Gasteiger partial charge in [-0.05, 0) is 31.2 Å². The third kappa shape index (κ3) is 4.08. The molecule has 0 unspecified atom stereocenters. The van der Waals surface area contributed by atoms with E-state index >= 15 is 0 Å². The monoisotopic (exact) mass is 333 g/mol. The average molecular weight is 333 g/mol. The zero-order valence-corrected chi connectivity index (χ0v) is 14.0. The van der Waals surface area contributed by atoms with Gasteiger partial charge in [0.25, 0.3) is 10.1 Å². The van der Waals surface area contributed by atoms with Gasteiger partial charge in [0.1, 0.15) is 5.82 Å². The molecule has 0 aliphatic carbocycles. The summed E-state index contributed by atoms with van der Waals surface area (Å²) in [6.07, 6.45) is 0. The van der Waals surface area contributed by atoms with E-state index in [0.717, 1.165) is 16.9 Å². The van der Waals surface area contributed by atoms with Crippen LogP contribution in [-0.4, -0.2) is 29.8 Å². The number of benzene rings is 2. The van der Waals surface area contributed by atoms with E-state index in [-0.39, 0.29) is 4.90 Å². The summed E-state index contributed by atoms with van der Waals surface area (Å²) in [5.41, 5.74) is 1.99. The van der Waals surface area contributed by atoms with Crippen molar-refractivity contribution in [1.82, 2.24) is 9.78 Å². The molecule has 0 saturated carbocycles. The molecule has 0 fully saturated rings. The van der Waals surface area contributed by atoms with Gasteiger partial charge < -0.3 is 5.32 Å². The molecule has 0 aliphatic rings. The Hall–Kier alpha value is -2.38. The minimum absolute atomic E-state index is 0.0666. The highest BCUT2D eigenvalue weighted by Crippen LogP contribution is 2.20. The van der Waals surface area contributed by atoms with Crippen molar-refractivity contribution in [2.24, 2.45) is 7.05 Å². The summed E-state index contributed by atoms with van der Waals surface area (Å²) in [4.78, 5) is -0.0666. The Bertz CT molecular complexity index is 900. The topological polar surface area (TPSA) is 84.2 Å². The van der Waals surface area contributed by atoms with E-state index in [2.05, 4.69) is 16.5 Å². The van der Waals surface area contributed by atoms with Gasteiger partial charge in [0.15, 0.2) is 0 Å². The van der Waals surface area contributed by atoms with Crippen LogP contribution in [0.1, 0.15) is 5.56 Å². The number of aryl methyl sites for hydroxylation is 2. The lowest BCUT2D eigenvalue weighted by atomic mass is 10.2. The molecule has 2 aromatic carbocycles. The molecule has 3 rings (SSSR count). The molecule has 0 atom stereocenters. The first kappa shape index (κ1) is 17.0. The second-order valence-corrected chi connectivity index (χ2v) is 6.45. The lowest BCUT2D eigenvalue weighted by Crippen LogP contribution is -1.97. The number of nitrogens with one attached hydrogen (secondary N) is 1. The van der Waals surface area contributed by atoms with Gasteiger partial charge in [-0.3, -0.25) is 9.23 Å². The fraction of sp³-hybridized carbons (Fsp3) is 0.188. The van der Waals surface area contributed by atoms with Crippen LogP contribution >= 0.6 is 0 Å². The highest BCUT2D eigenvalue weighted by Gasteiger charge is 2.07. The van der Waals surface area contributed by atoms with Crippen LogP contribution in [0.25, 0.3) is 10.9 Å². The lowest BCUT2D eigenvalue weighted by molar-refractivity contribution is 0.483.